The fourth-order valence-electron chi connectivity index (χ4n) is 2.63. The first-order valence-corrected chi connectivity index (χ1v) is 10.9. The average molecular weight is 475 g/mol. The molecule has 166 valence electrons. The molecule has 0 radical (unpaired) electrons. The van der Waals surface area contributed by atoms with Crippen molar-refractivity contribution in [3.63, 3.8) is 0 Å². The lowest BCUT2D eigenvalue weighted by Gasteiger charge is -2.10. The summed E-state index contributed by atoms with van der Waals surface area (Å²) < 4.78 is 18.2. The lowest BCUT2D eigenvalue weighted by molar-refractivity contribution is -0.123. The molecule has 0 saturated heterocycles. The molecule has 0 aliphatic carbocycles. The molecule has 10 heteroatoms. The van der Waals surface area contributed by atoms with E-state index in [4.69, 9.17) is 16.3 Å². The summed E-state index contributed by atoms with van der Waals surface area (Å²) >= 11 is 7.34. The molecule has 1 aromatic heterocycles. The van der Waals surface area contributed by atoms with Gasteiger partial charge in [-0.25, -0.2) is 14.4 Å². The molecule has 3 aromatic rings. The van der Waals surface area contributed by atoms with Crippen molar-refractivity contribution in [2.24, 2.45) is 0 Å². The Kier molecular flexibility index (Phi) is 8.02. The van der Waals surface area contributed by atoms with Crippen LogP contribution in [0.5, 0.6) is 5.75 Å². The third-order valence-corrected chi connectivity index (χ3v) is 5.33. The van der Waals surface area contributed by atoms with Crippen LogP contribution in [-0.2, 0) is 10.5 Å². The van der Waals surface area contributed by atoms with Crippen LogP contribution >= 0.6 is 23.4 Å². The number of aryl methyl sites for hydroxylation is 2. The molecule has 7 nitrogen and oxygen atoms in total. The SMILES string of the molecule is Cc1cc(C)nc(SCc2ccc(C(=O)NNC(=O)COc3ccc(F)cc3Cl)cc2)n1. The van der Waals surface area contributed by atoms with Crippen LogP contribution < -0.4 is 15.6 Å². The number of hydrogen-bond donors (Lipinski definition) is 2. The van der Waals surface area contributed by atoms with Crippen molar-refractivity contribution in [3.8, 4) is 5.75 Å². The summed E-state index contributed by atoms with van der Waals surface area (Å²) in [5, 5.41) is 0.750. The van der Waals surface area contributed by atoms with Gasteiger partial charge >= 0.3 is 0 Å². The van der Waals surface area contributed by atoms with Gasteiger partial charge in [0.15, 0.2) is 11.8 Å². The molecule has 2 N–H and O–H groups in total. The zero-order valence-electron chi connectivity index (χ0n) is 17.3. The number of ether oxygens (including phenoxy) is 1. The topological polar surface area (TPSA) is 93.2 Å². The highest BCUT2D eigenvalue weighted by molar-refractivity contribution is 7.98. The van der Waals surface area contributed by atoms with Gasteiger partial charge in [-0.1, -0.05) is 35.5 Å². The Morgan fingerprint density at radius 2 is 1.72 bits per heavy atom. The maximum atomic E-state index is 13.0. The van der Waals surface area contributed by atoms with E-state index < -0.39 is 24.2 Å². The summed E-state index contributed by atoms with van der Waals surface area (Å²) in [5.41, 5.74) is 7.78. The van der Waals surface area contributed by atoms with Crippen LogP contribution in [0.3, 0.4) is 0 Å². The Morgan fingerprint density at radius 3 is 2.38 bits per heavy atom. The van der Waals surface area contributed by atoms with Gasteiger partial charge in [-0.3, -0.25) is 20.4 Å². The number of amides is 2. The number of thioether (sulfide) groups is 1. The van der Waals surface area contributed by atoms with E-state index in [1.807, 2.05) is 32.0 Å². The van der Waals surface area contributed by atoms with Crippen LogP contribution in [0.25, 0.3) is 0 Å². The van der Waals surface area contributed by atoms with E-state index in [1.54, 1.807) is 12.1 Å². The first-order chi connectivity index (χ1) is 15.3. The Bertz CT molecular complexity index is 1110. The van der Waals surface area contributed by atoms with E-state index in [0.717, 1.165) is 29.1 Å². The fraction of sp³-hybridized carbons (Fsp3) is 0.182. The molecule has 3 rings (SSSR count). The third kappa shape index (κ3) is 6.93. The van der Waals surface area contributed by atoms with E-state index in [9.17, 15) is 14.0 Å². The number of hydrazine groups is 1. The number of nitrogens with one attached hydrogen (secondary N) is 2. The molecule has 32 heavy (non-hydrogen) atoms. The number of halogens is 2. The lowest BCUT2D eigenvalue weighted by atomic mass is 10.1. The smallest absolute Gasteiger partial charge is 0.276 e. The van der Waals surface area contributed by atoms with Crippen LogP contribution in [-0.4, -0.2) is 28.4 Å². The maximum absolute atomic E-state index is 13.0. The van der Waals surface area contributed by atoms with Gasteiger partial charge in [-0.2, -0.15) is 0 Å². The lowest BCUT2D eigenvalue weighted by Crippen LogP contribution is -2.43. The van der Waals surface area contributed by atoms with Crippen molar-refractivity contribution in [2.75, 3.05) is 6.61 Å². The molecule has 0 aliphatic rings. The van der Waals surface area contributed by atoms with E-state index in [1.165, 1.54) is 17.8 Å². The minimum absolute atomic E-state index is 0.0455. The van der Waals surface area contributed by atoms with E-state index in [0.29, 0.717) is 16.5 Å². The normalized spacial score (nSPS) is 10.5. The number of aromatic nitrogens is 2. The molecule has 0 saturated carbocycles. The summed E-state index contributed by atoms with van der Waals surface area (Å²) in [6.45, 7) is 3.45. The summed E-state index contributed by atoms with van der Waals surface area (Å²) in [4.78, 5) is 32.9. The molecule has 2 amide bonds. The summed E-state index contributed by atoms with van der Waals surface area (Å²) in [6.07, 6.45) is 0. The Morgan fingerprint density at radius 1 is 1.03 bits per heavy atom. The highest BCUT2D eigenvalue weighted by atomic mass is 35.5. The fourth-order valence-corrected chi connectivity index (χ4v) is 3.76. The van der Waals surface area contributed by atoms with Crippen LogP contribution in [0, 0.1) is 19.7 Å². The Balaban J connectivity index is 1.45. The molecule has 1 heterocycles. The minimum atomic E-state index is -0.597. The predicted molar refractivity (Wildman–Crippen MR) is 120 cm³/mol. The zero-order valence-corrected chi connectivity index (χ0v) is 18.9. The van der Waals surface area contributed by atoms with Crippen molar-refractivity contribution in [3.05, 3.63) is 81.9 Å². The van der Waals surface area contributed by atoms with Gasteiger partial charge in [0, 0.05) is 22.7 Å². The number of carbonyl (C=O) groups excluding carboxylic acids is 2. The number of benzene rings is 2. The average Bonchev–Trinajstić information content (AvgIpc) is 2.75. The highest BCUT2D eigenvalue weighted by Gasteiger charge is 2.10. The third-order valence-electron chi connectivity index (χ3n) is 4.11. The molecule has 0 unspecified atom stereocenters. The highest BCUT2D eigenvalue weighted by Crippen LogP contribution is 2.24. The Labute approximate surface area is 193 Å². The predicted octanol–water partition coefficient (Wildman–Crippen LogP) is 4.02. The van der Waals surface area contributed by atoms with Gasteiger partial charge in [0.25, 0.3) is 11.8 Å². The largest absolute Gasteiger partial charge is 0.482 e. The van der Waals surface area contributed by atoms with Gasteiger partial charge in [-0.15, -0.1) is 0 Å². The molecular formula is C22H20ClFN4O3S. The summed E-state index contributed by atoms with van der Waals surface area (Å²) in [5.74, 6) is -0.767. The van der Waals surface area contributed by atoms with Crippen molar-refractivity contribution < 1.29 is 18.7 Å². The first kappa shape index (κ1) is 23.5. The van der Waals surface area contributed by atoms with Crippen LogP contribution in [0.1, 0.15) is 27.3 Å². The van der Waals surface area contributed by atoms with Crippen molar-refractivity contribution in [1.82, 2.24) is 20.8 Å². The van der Waals surface area contributed by atoms with Crippen molar-refractivity contribution >= 4 is 35.2 Å². The number of rotatable bonds is 7. The van der Waals surface area contributed by atoms with Gasteiger partial charge in [0.2, 0.25) is 0 Å². The summed E-state index contributed by atoms with van der Waals surface area (Å²) in [6, 6.07) is 12.4. The van der Waals surface area contributed by atoms with E-state index in [-0.39, 0.29) is 10.8 Å². The second kappa shape index (κ2) is 10.9. The molecule has 0 bridgehead atoms. The van der Waals surface area contributed by atoms with Crippen molar-refractivity contribution in [1.29, 1.82) is 0 Å². The van der Waals surface area contributed by atoms with Crippen molar-refractivity contribution in [2.45, 2.75) is 24.8 Å². The van der Waals surface area contributed by atoms with E-state index in [2.05, 4.69) is 20.8 Å². The Hall–Kier alpha value is -3.17. The van der Waals surface area contributed by atoms with Crippen LogP contribution in [0.4, 0.5) is 4.39 Å². The van der Waals surface area contributed by atoms with Crippen LogP contribution in [0.15, 0.2) is 53.7 Å². The monoisotopic (exact) mass is 474 g/mol. The van der Waals surface area contributed by atoms with Gasteiger partial charge < -0.3 is 4.74 Å². The maximum Gasteiger partial charge on any atom is 0.276 e. The summed E-state index contributed by atoms with van der Waals surface area (Å²) in [7, 11) is 0. The number of hydrogen-bond acceptors (Lipinski definition) is 6. The molecular weight excluding hydrogens is 455 g/mol. The zero-order chi connectivity index (χ0) is 23.1. The molecule has 0 atom stereocenters. The molecule has 0 spiro atoms. The standard InChI is InChI=1S/C22H20ClFN4O3S/c1-13-9-14(2)26-22(25-13)32-12-15-3-5-16(6-4-15)21(30)28-27-20(29)11-31-19-8-7-17(24)10-18(19)23/h3-10H,11-12H2,1-2H3,(H,27,29)(H,28,30). The number of nitrogens with zero attached hydrogens (tertiary/aromatic N) is 2. The van der Waals surface area contributed by atoms with Gasteiger partial charge in [0.05, 0.1) is 5.02 Å². The van der Waals surface area contributed by atoms with E-state index >= 15 is 0 Å². The van der Waals surface area contributed by atoms with Gasteiger partial charge in [0.1, 0.15) is 11.6 Å². The quantitative estimate of drug-likeness (QED) is 0.305. The van der Waals surface area contributed by atoms with Gasteiger partial charge in [-0.05, 0) is 55.8 Å². The van der Waals surface area contributed by atoms with Crippen LogP contribution in [0.2, 0.25) is 5.02 Å². The molecule has 0 fully saturated rings. The first-order valence-electron chi connectivity index (χ1n) is 9.51. The second-order valence-electron chi connectivity index (χ2n) is 6.78. The molecule has 2 aromatic carbocycles. The number of carbonyl (C=O) groups is 2. The minimum Gasteiger partial charge on any atom is -0.482 e. The molecule has 0 aliphatic heterocycles. The second-order valence-corrected chi connectivity index (χ2v) is 8.13.